The zero-order chi connectivity index (χ0) is 9.97. The quantitative estimate of drug-likeness (QED) is 0.729. The van der Waals surface area contributed by atoms with Gasteiger partial charge in [0.25, 0.3) is 5.91 Å². The van der Waals surface area contributed by atoms with E-state index >= 15 is 0 Å². The molecule has 1 aromatic rings. The van der Waals surface area contributed by atoms with Gasteiger partial charge in [-0.05, 0) is 6.07 Å². The van der Waals surface area contributed by atoms with Crippen molar-refractivity contribution in [3.63, 3.8) is 0 Å². The van der Waals surface area contributed by atoms with E-state index in [0.29, 0.717) is 5.69 Å². The fourth-order valence-electron chi connectivity index (χ4n) is 1.36. The summed E-state index contributed by atoms with van der Waals surface area (Å²) in [5, 5.41) is 6.19. The number of amides is 1. The Labute approximate surface area is 86.2 Å². The molecule has 0 bridgehead atoms. The number of primary amides is 1. The van der Waals surface area contributed by atoms with Gasteiger partial charge in [-0.25, -0.2) is 0 Å². The van der Waals surface area contributed by atoms with Gasteiger partial charge in [-0.1, -0.05) is 0 Å². The average molecular weight is 212 g/mol. The summed E-state index contributed by atoms with van der Waals surface area (Å²) in [6.45, 7) is 1.93. The van der Waals surface area contributed by atoms with Crippen LogP contribution in [0.3, 0.4) is 0 Å². The number of rotatable bonds is 2. The van der Waals surface area contributed by atoms with Crippen molar-refractivity contribution < 1.29 is 4.79 Å². The van der Waals surface area contributed by atoms with E-state index in [1.807, 2.05) is 11.8 Å². The van der Waals surface area contributed by atoms with Crippen LogP contribution in [0.25, 0.3) is 0 Å². The second-order valence-corrected chi connectivity index (χ2v) is 4.28. The van der Waals surface area contributed by atoms with Crippen LogP contribution < -0.4 is 10.7 Å². The van der Waals surface area contributed by atoms with Crippen LogP contribution in [0.15, 0.2) is 12.3 Å². The van der Waals surface area contributed by atoms with E-state index in [1.165, 1.54) is 0 Å². The van der Waals surface area contributed by atoms with Crippen molar-refractivity contribution in [1.82, 2.24) is 9.89 Å². The molecule has 1 saturated heterocycles. The molecule has 1 aromatic heterocycles. The Balaban J connectivity index is 2.11. The molecule has 2 N–H and O–H groups in total. The molecule has 1 aliphatic heterocycles. The molecule has 0 aliphatic carbocycles. The van der Waals surface area contributed by atoms with Gasteiger partial charge in [0.2, 0.25) is 0 Å². The Morgan fingerprint density at radius 3 is 2.79 bits per heavy atom. The number of aromatic nitrogens is 2. The van der Waals surface area contributed by atoms with Crippen LogP contribution in [0.1, 0.15) is 10.5 Å². The molecule has 76 valence electrons. The molecule has 14 heavy (non-hydrogen) atoms. The predicted molar refractivity (Wildman–Crippen MR) is 56.0 cm³/mol. The molecule has 0 spiro atoms. The molecule has 6 heteroatoms. The van der Waals surface area contributed by atoms with Crippen molar-refractivity contribution in [3.05, 3.63) is 18.0 Å². The van der Waals surface area contributed by atoms with Crippen molar-refractivity contribution in [2.24, 2.45) is 5.73 Å². The molecule has 0 radical (unpaired) electrons. The summed E-state index contributed by atoms with van der Waals surface area (Å²) in [5.74, 6) is 1.73. The van der Waals surface area contributed by atoms with E-state index in [-0.39, 0.29) is 0 Å². The molecule has 0 unspecified atom stereocenters. The minimum Gasteiger partial charge on any atom is -0.364 e. The van der Waals surface area contributed by atoms with E-state index in [9.17, 15) is 4.79 Å². The van der Waals surface area contributed by atoms with Gasteiger partial charge < -0.3 is 5.73 Å². The third kappa shape index (κ3) is 1.84. The predicted octanol–water partition coefficient (Wildman–Crippen LogP) is -0.333. The molecule has 0 saturated carbocycles. The highest BCUT2D eigenvalue weighted by Crippen LogP contribution is 2.08. The van der Waals surface area contributed by atoms with E-state index in [0.717, 1.165) is 24.6 Å². The summed E-state index contributed by atoms with van der Waals surface area (Å²) in [4.78, 5) is 12.5. The number of nitrogens with two attached hydrogens (primary N) is 1. The monoisotopic (exact) mass is 212 g/mol. The normalized spacial score (nSPS) is 17.0. The van der Waals surface area contributed by atoms with Crippen LogP contribution in [0.5, 0.6) is 0 Å². The fraction of sp³-hybridized carbons (Fsp3) is 0.500. The second kappa shape index (κ2) is 3.91. The maximum absolute atomic E-state index is 10.8. The maximum atomic E-state index is 10.8. The molecule has 0 aromatic carbocycles. The van der Waals surface area contributed by atoms with Gasteiger partial charge in [0, 0.05) is 30.8 Å². The van der Waals surface area contributed by atoms with Gasteiger partial charge in [0.05, 0.1) is 0 Å². The van der Waals surface area contributed by atoms with Gasteiger partial charge in [-0.15, -0.1) is 5.10 Å². The standard InChI is InChI=1S/C8H12N4OS/c9-8(13)7-1-2-12(10-7)11-3-5-14-6-4-11/h1-2H,3-6H2,(H2,9,13). The summed E-state index contributed by atoms with van der Waals surface area (Å²) in [5.41, 5.74) is 5.44. The molecule has 2 heterocycles. The van der Waals surface area contributed by atoms with Crippen molar-refractivity contribution >= 4 is 17.7 Å². The third-order valence-electron chi connectivity index (χ3n) is 2.11. The van der Waals surface area contributed by atoms with Crippen LogP contribution in [0.4, 0.5) is 0 Å². The van der Waals surface area contributed by atoms with E-state index in [2.05, 4.69) is 10.1 Å². The first-order valence-electron chi connectivity index (χ1n) is 4.46. The van der Waals surface area contributed by atoms with E-state index < -0.39 is 5.91 Å². The van der Waals surface area contributed by atoms with Crippen LogP contribution in [0, 0.1) is 0 Å². The fourth-order valence-corrected chi connectivity index (χ4v) is 2.25. The Kier molecular flexibility index (Phi) is 2.62. The average Bonchev–Trinajstić information content (AvgIpc) is 2.68. The van der Waals surface area contributed by atoms with Crippen molar-refractivity contribution in [2.45, 2.75) is 0 Å². The summed E-state index contributed by atoms with van der Waals surface area (Å²) < 4.78 is 0. The number of hydrogen-bond donors (Lipinski definition) is 1. The lowest BCUT2D eigenvalue weighted by molar-refractivity contribution is 0.0994. The molecule has 1 fully saturated rings. The van der Waals surface area contributed by atoms with Crippen molar-refractivity contribution in [1.29, 1.82) is 0 Å². The van der Waals surface area contributed by atoms with Crippen LogP contribution >= 0.6 is 11.8 Å². The molecule has 1 amide bonds. The molecule has 2 rings (SSSR count). The molecule has 0 atom stereocenters. The first-order chi connectivity index (χ1) is 6.77. The van der Waals surface area contributed by atoms with Crippen molar-refractivity contribution in [2.75, 3.05) is 29.6 Å². The molecule has 1 aliphatic rings. The first kappa shape index (κ1) is 9.39. The Hall–Kier alpha value is -1.17. The minimum atomic E-state index is -0.477. The molecular weight excluding hydrogens is 200 g/mol. The zero-order valence-electron chi connectivity index (χ0n) is 7.72. The van der Waals surface area contributed by atoms with Gasteiger partial charge in [-0.2, -0.15) is 16.6 Å². The summed E-state index contributed by atoms with van der Waals surface area (Å²) in [6, 6.07) is 1.64. The SMILES string of the molecule is NC(=O)c1ccn(N2CCSCC2)n1. The molecule has 5 nitrogen and oxygen atoms in total. The van der Waals surface area contributed by atoms with Gasteiger partial charge >= 0.3 is 0 Å². The van der Waals surface area contributed by atoms with Crippen molar-refractivity contribution in [3.8, 4) is 0 Å². The largest absolute Gasteiger partial charge is 0.364 e. The topological polar surface area (TPSA) is 64.2 Å². The lowest BCUT2D eigenvalue weighted by Gasteiger charge is -2.27. The number of hydrogen-bond acceptors (Lipinski definition) is 4. The third-order valence-corrected chi connectivity index (χ3v) is 3.05. The summed E-state index contributed by atoms with van der Waals surface area (Å²) in [7, 11) is 0. The Morgan fingerprint density at radius 2 is 2.21 bits per heavy atom. The smallest absolute Gasteiger partial charge is 0.269 e. The lowest BCUT2D eigenvalue weighted by atomic mass is 10.4. The van der Waals surface area contributed by atoms with Crippen LogP contribution in [0.2, 0.25) is 0 Å². The zero-order valence-corrected chi connectivity index (χ0v) is 8.54. The van der Waals surface area contributed by atoms with Gasteiger partial charge in [0.1, 0.15) is 0 Å². The highest BCUT2D eigenvalue weighted by Gasteiger charge is 2.12. The maximum Gasteiger partial charge on any atom is 0.269 e. The van der Waals surface area contributed by atoms with Crippen LogP contribution in [-0.2, 0) is 0 Å². The van der Waals surface area contributed by atoms with Gasteiger partial charge in [-0.3, -0.25) is 9.80 Å². The Morgan fingerprint density at radius 1 is 1.50 bits per heavy atom. The number of nitrogens with zero attached hydrogens (tertiary/aromatic N) is 3. The highest BCUT2D eigenvalue weighted by molar-refractivity contribution is 7.99. The minimum absolute atomic E-state index is 0.322. The first-order valence-corrected chi connectivity index (χ1v) is 5.61. The lowest BCUT2D eigenvalue weighted by Crippen LogP contribution is -2.41. The number of thioether (sulfide) groups is 1. The second-order valence-electron chi connectivity index (χ2n) is 3.05. The summed E-state index contributed by atoms with van der Waals surface area (Å²) in [6.07, 6.45) is 1.77. The number of carbonyl (C=O) groups excluding carboxylic acids is 1. The summed E-state index contributed by atoms with van der Waals surface area (Å²) >= 11 is 1.93. The van der Waals surface area contributed by atoms with Gasteiger partial charge in [0.15, 0.2) is 5.69 Å². The van der Waals surface area contributed by atoms with E-state index in [4.69, 9.17) is 5.73 Å². The highest BCUT2D eigenvalue weighted by atomic mass is 32.2. The molecular formula is C8H12N4OS. The Bertz CT molecular complexity index is 332. The van der Waals surface area contributed by atoms with Crippen LogP contribution in [-0.4, -0.2) is 40.4 Å². The number of carbonyl (C=O) groups is 1. The van der Waals surface area contributed by atoms with E-state index in [1.54, 1.807) is 17.1 Å².